The monoisotopic (exact) mass is 261 g/mol. The summed E-state index contributed by atoms with van der Waals surface area (Å²) in [5, 5.41) is 5.63. The van der Waals surface area contributed by atoms with E-state index in [-0.39, 0.29) is 4.75 Å². The summed E-state index contributed by atoms with van der Waals surface area (Å²) in [5.41, 5.74) is 7.85. The first-order chi connectivity index (χ1) is 8.53. The van der Waals surface area contributed by atoms with E-state index in [0.29, 0.717) is 0 Å². The number of nitrogens with zero attached hydrogens (tertiary/aromatic N) is 1. The summed E-state index contributed by atoms with van der Waals surface area (Å²) >= 11 is 1.86. The summed E-state index contributed by atoms with van der Waals surface area (Å²) in [4.78, 5) is 4.13. The third-order valence-electron chi connectivity index (χ3n) is 3.11. The SMILES string of the molecule is CSC(C)(C)CNc1ccc(N)c2cnccc12. The molecule has 0 aliphatic rings. The van der Waals surface area contributed by atoms with E-state index in [1.54, 1.807) is 6.20 Å². The molecule has 0 spiro atoms. The zero-order valence-electron chi connectivity index (χ0n) is 11.0. The van der Waals surface area contributed by atoms with E-state index in [1.165, 1.54) is 0 Å². The maximum absolute atomic E-state index is 5.96. The molecule has 1 aromatic heterocycles. The van der Waals surface area contributed by atoms with E-state index in [9.17, 15) is 0 Å². The van der Waals surface area contributed by atoms with Crippen molar-refractivity contribution in [3.63, 3.8) is 0 Å². The van der Waals surface area contributed by atoms with Crippen LogP contribution in [0.1, 0.15) is 13.8 Å². The standard InChI is InChI=1S/C14H19N3S/c1-14(2,18-3)9-17-13-5-4-12(15)11-8-16-7-6-10(11)13/h4-8,17H,9,15H2,1-3H3. The number of hydrogen-bond donors (Lipinski definition) is 2. The largest absolute Gasteiger partial charge is 0.398 e. The average molecular weight is 261 g/mol. The lowest BCUT2D eigenvalue weighted by Gasteiger charge is -2.23. The van der Waals surface area contributed by atoms with Crippen molar-refractivity contribution < 1.29 is 0 Å². The summed E-state index contributed by atoms with van der Waals surface area (Å²) in [6, 6.07) is 5.96. The quantitative estimate of drug-likeness (QED) is 0.829. The molecule has 1 heterocycles. The molecule has 3 nitrogen and oxygen atoms in total. The molecule has 0 amide bonds. The van der Waals surface area contributed by atoms with Gasteiger partial charge in [0, 0.05) is 45.8 Å². The number of pyridine rings is 1. The maximum Gasteiger partial charge on any atom is 0.0423 e. The molecule has 0 fully saturated rings. The van der Waals surface area contributed by atoms with E-state index >= 15 is 0 Å². The van der Waals surface area contributed by atoms with Crippen molar-refractivity contribution >= 4 is 33.9 Å². The molecule has 2 aromatic rings. The van der Waals surface area contributed by atoms with Crippen LogP contribution in [0.5, 0.6) is 0 Å². The van der Waals surface area contributed by atoms with E-state index in [2.05, 4.69) is 30.4 Å². The number of nitrogens with two attached hydrogens (primary N) is 1. The summed E-state index contributed by atoms with van der Waals surface area (Å²) in [6.45, 7) is 5.37. The van der Waals surface area contributed by atoms with Crippen molar-refractivity contribution in [1.82, 2.24) is 4.98 Å². The smallest absolute Gasteiger partial charge is 0.0423 e. The lowest BCUT2D eigenvalue weighted by atomic mass is 10.1. The van der Waals surface area contributed by atoms with Crippen molar-refractivity contribution in [2.75, 3.05) is 23.9 Å². The van der Waals surface area contributed by atoms with Crippen LogP contribution in [0.4, 0.5) is 11.4 Å². The van der Waals surface area contributed by atoms with Crippen molar-refractivity contribution in [2.45, 2.75) is 18.6 Å². The van der Waals surface area contributed by atoms with Crippen LogP contribution >= 0.6 is 11.8 Å². The number of hydrogen-bond acceptors (Lipinski definition) is 4. The van der Waals surface area contributed by atoms with Crippen LogP contribution < -0.4 is 11.1 Å². The number of rotatable bonds is 4. The van der Waals surface area contributed by atoms with Gasteiger partial charge in [-0.05, 0) is 38.3 Å². The third kappa shape index (κ3) is 2.70. The van der Waals surface area contributed by atoms with Gasteiger partial charge in [-0.25, -0.2) is 0 Å². The highest BCUT2D eigenvalue weighted by atomic mass is 32.2. The topological polar surface area (TPSA) is 50.9 Å². The van der Waals surface area contributed by atoms with Crippen molar-refractivity contribution in [2.24, 2.45) is 0 Å². The number of benzene rings is 1. The molecule has 0 atom stereocenters. The van der Waals surface area contributed by atoms with Gasteiger partial charge in [0.2, 0.25) is 0 Å². The van der Waals surface area contributed by atoms with E-state index in [1.807, 2.05) is 36.2 Å². The Labute approximate surface area is 112 Å². The number of aromatic nitrogens is 1. The summed E-state index contributed by atoms with van der Waals surface area (Å²) in [5.74, 6) is 0. The van der Waals surface area contributed by atoms with Gasteiger partial charge in [-0.1, -0.05) is 0 Å². The molecule has 3 N–H and O–H groups in total. The molecule has 0 aliphatic carbocycles. The molecule has 18 heavy (non-hydrogen) atoms. The minimum Gasteiger partial charge on any atom is -0.398 e. The minimum atomic E-state index is 0.209. The second kappa shape index (κ2) is 5.06. The molecule has 0 saturated carbocycles. The van der Waals surface area contributed by atoms with Crippen molar-refractivity contribution in [3.8, 4) is 0 Å². The number of nitrogen functional groups attached to an aromatic ring is 1. The molecular formula is C14H19N3S. The normalized spacial score (nSPS) is 11.7. The highest BCUT2D eigenvalue weighted by molar-refractivity contribution is 7.99. The number of fused-ring (bicyclic) bond motifs is 1. The fourth-order valence-electron chi connectivity index (χ4n) is 1.75. The molecule has 0 unspecified atom stereocenters. The van der Waals surface area contributed by atoms with Gasteiger partial charge in [-0.3, -0.25) is 4.98 Å². The van der Waals surface area contributed by atoms with Crippen LogP contribution in [0, 0.1) is 0 Å². The van der Waals surface area contributed by atoms with Crippen LogP contribution in [-0.4, -0.2) is 22.5 Å². The van der Waals surface area contributed by atoms with E-state index in [4.69, 9.17) is 5.73 Å². The maximum atomic E-state index is 5.96. The Hall–Kier alpha value is -1.42. The van der Waals surface area contributed by atoms with Gasteiger partial charge in [0.05, 0.1) is 0 Å². The zero-order valence-corrected chi connectivity index (χ0v) is 11.8. The van der Waals surface area contributed by atoms with Gasteiger partial charge >= 0.3 is 0 Å². The molecule has 1 aromatic carbocycles. The first kappa shape index (κ1) is 13.0. The van der Waals surface area contributed by atoms with Gasteiger partial charge < -0.3 is 11.1 Å². The Kier molecular flexibility index (Phi) is 3.66. The van der Waals surface area contributed by atoms with E-state index in [0.717, 1.165) is 28.7 Å². The number of thioether (sulfide) groups is 1. The third-order valence-corrected chi connectivity index (χ3v) is 4.36. The fourth-order valence-corrected chi connectivity index (χ4v) is 1.96. The first-order valence-corrected chi connectivity index (χ1v) is 7.17. The second-order valence-corrected chi connectivity index (χ2v) is 6.45. The fraction of sp³-hybridized carbons (Fsp3) is 0.357. The van der Waals surface area contributed by atoms with Crippen LogP contribution in [0.25, 0.3) is 10.8 Å². The van der Waals surface area contributed by atoms with Gasteiger partial charge in [0.1, 0.15) is 0 Å². The number of nitrogens with one attached hydrogen (secondary N) is 1. The number of anilines is 2. The van der Waals surface area contributed by atoms with Gasteiger partial charge in [0.15, 0.2) is 0 Å². The Balaban J connectivity index is 2.32. The summed E-state index contributed by atoms with van der Waals surface area (Å²) < 4.78 is 0.209. The molecule has 0 bridgehead atoms. The Morgan fingerprint density at radius 1 is 1.28 bits per heavy atom. The van der Waals surface area contributed by atoms with Crippen LogP contribution in [-0.2, 0) is 0 Å². The van der Waals surface area contributed by atoms with Crippen molar-refractivity contribution in [1.29, 1.82) is 0 Å². The lowest BCUT2D eigenvalue weighted by molar-refractivity contribution is 0.753. The highest BCUT2D eigenvalue weighted by Crippen LogP contribution is 2.29. The summed E-state index contributed by atoms with van der Waals surface area (Å²) in [6.07, 6.45) is 5.74. The highest BCUT2D eigenvalue weighted by Gasteiger charge is 2.15. The van der Waals surface area contributed by atoms with Gasteiger partial charge in [-0.15, -0.1) is 0 Å². The molecule has 2 rings (SSSR count). The molecule has 4 heteroatoms. The Bertz CT molecular complexity index is 552. The minimum absolute atomic E-state index is 0.209. The molecular weight excluding hydrogens is 242 g/mol. The van der Waals surface area contributed by atoms with Gasteiger partial charge in [-0.2, -0.15) is 11.8 Å². The van der Waals surface area contributed by atoms with Gasteiger partial charge in [0.25, 0.3) is 0 Å². The second-order valence-electron chi connectivity index (χ2n) is 4.94. The van der Waals surface area contributed by atoms with Crippen molar-refractivity contribution in [3.05, 3.63) is 30.6 Å². The first-order valence-electron chi connectivity index (χ1n) is 5.95. The lowest BCUT2D eigenvalue weighted by Crippen LogP contribution is -2.25. The van der Waals surface area contributed by atoms with E-state index < -0.39 is 0 Å². The molecule has 0 radical (unpaired) electrons. The predicted octanol–water partition coefficient (Wildman–Crippen LogP) is 3.37. The molecule has 0 aliphatic heterocycles. The Morgan fingerprint density at radius 2 is 2.06 bits per heavy atom. The summed E-state index contributed by atoms with van der Waals surface area (Å²) in [7, 11) is 0. The molecule has 0 saturated heterocycles. The van der Waals surface area contributed by atoms with Crippen LogP contribution in [0.3, 0.4) is 0 Å². The predicted molar refractivity (Wildman–Crippen MR) is 82.2 cm³/mol. The average Bonchev–Trinajstić information content (AvgIpc) is 2.38. The molecule has 96 valence electrons. The van der Waals surface area contributed by atoms with Crippen LogP contribution in [0.15, 0.2) is 30.6 Å². The Morgan fingerprint density at radius 3 is 2.78 bits per heavy atom. The van der Waals surface area contributed by atoms with Crippen LogP contribution in [0.2, 0.25) is 0 Å². The zero-order chi connectivity index (χ0) is 13.2.